The zero-order chi connectivity index (χ0) is 19.6. The van der Waals surface area contributed by atoms with Gasteiger partial charge in [-0.2, -0.15) is 0 Å². The molecule has 0 fully saturated rings. The first-order chi connectivity index (χ1) is 13.3. The van der Waals surface area contributed by atoms with Crippen LogP contribution in [0.15, 0.2) is 30.9 Å². The van der Waals surface area contributed by atoms with Crippen LogP contribution in [-0.4, -0.2) is 0 Å². The third-order valence-electron chi connectivity index (χ3n) is 5.81. The molecule has 1 aromatic carbocycles. The van der Waals surface area contributed by atoms with E-state index in [0.29, 0.717) is 0 Å². The minimum absolute atomic E-state index is 1.02. The minimum atomic E-state index is 1.02. The average Bonchev–Trinajstić information content (AvgIpc) is 2.68. The maximum absolute atomic E-state index is 3.98. The summed E-state index contributed by atoms with van der Waals surface area (Å²) in [6.07, 6.45) is 25.2. The van der Waals surface area contributed by atoms with Crippen molar-refractivity contribution < 1.29 is 0 Å². The molecule has 0 heterocycles. The molecule has 0 saturated carbocycles. The Kier molecular flexibility index (Phi) is 15.2. The van der Waals surface area contributed by atoms with Crippen molar-refractivity contribution in [2.75, 3.05) is 0 Å². The van der Waals surface area contributed by atoms with Gasteiger partial charge in [-0.25, -0.2) is 0 Å². The van der Waals surface area contributed by atoms with Crippen molar-refractivity contribution >= 4 is 0 Å². The molecule has 0 N–H and O–H groups in total. The van der Waals surface area contributed by atoms with Gasteiger partial charge in [0.15, 0.2) is 0 Å². The molecule has 0 radical (unpaired) electrons. The molecule has 0 aliphatic rings. The van der Waals surface area contributed by atoms with Crippen molar-refractivity contribution in [3.63, 3.8) is 0 Å². The van der Waals surface area contributed by atoms with Gasteiger partial charge in [-0.3, -0.25) is 0 Å². The molecule has 0 aliphatic carbocycles. The molecule has 154 valence electrons. The van der Waals surface area contributed by atoms with Crippen LogP contribution in [0.5, 0.6) is 0 Å². The van der Waals surface area contributed by atoms with E-state index in [-0.39, 0.29) is 0 Å². The Morgan fingerprint density at radius 3 is 1.67 bits per heavy atom. The van der Waals surface area contributed by atoms with Gasteiger partial charge in [-0.1, -0.05) is 115 Å². The van der Waals surface area contributed by atoms with Gasteiger partial charge in [0.2, 0.25) is 0 Å². The minimum Gasteiger partial charge on any atom is -0.103 e. The SMILES string of the molecule is C=CCc1cccc(CCCCCCCCC)c1CCCCCCCCC. The lowest BCUT2D eigenvalue weighted by atomic mass is 9.91. The van der Waals surface area contributed by atoms with E-state index in [1.54, 1.807) is 11.1 Å². The Morgan fingerprint density at radius 2 is 1.11 bits per heavy atom. The van der Waals surface area contributed by atoms with Gasteiger partial charge in [-0.05, 0) is 48.8 Å². The summed E-state index contributed by atoms with van der Waals surface area (Å²) in [5, 5.41) is 0. The first kappa shape index (κ1) is 24.0. The Hall–Kier alpha value is -1.04. The van der Waals surface area contributed by atoms with Crippen LogP contribution in [0, 0.1) is 0 Å². The Balaban J connectivity index is 2.43. The van der Waals surface area contributed by atoms with Crippen molar-refractivity contribution in [3.8, 4) is 0 Å². The maximum Gasteiger partial charge on any atom is -0.00973 e. The number of hydrogen-bond donors (Lipinski definition) is 0. The van der Waals surface area contributed by atoms with Crippen molar-refractivity contribution in [1.29, 1.82) is 0 Å². The van der Waals surface area contributed by atoms with Crippen LogP contribution in [-0.2, 0) is 19.3 Å². The van der Waals surface area contributed by atoms with Crippen LogP contribution in [0.25, 0.3) is 0 Å². The lowest BCUT2D eigenvalue weighted by Gasteiger charge is -2.14. The lowest BCUT2D eigenvalue weighted by molar-refractivity contribution is 0.582. The third-order valence-corrected chi connectivity index (χ3v) is 5.81. The predicted octanol–water partition coefficient (Wildman–Crippen LogP) is 9.00. The molecule has 0 aromatic heterocycles. The van der Waals surface area contributed by atoms with Crippen molar-refractivity contribution in [1.82, 2.24) is 0 Å². The molecule has 0 unspecified atom stereocenters. The molecule has 27 heavy (non-hydrogen) atoms. The Morgan fingerprint density at radius 1 is 0.630 bits per heavy atom. The van der Waals surface area contributed by atoms with Crippen LogP contribution >= 0.6 is 0 Å². The molecule has 0 amide bonds. The molecule has 1 rings (SSSR count). The molecule has 0 atom stereocenters. The van der Waals surface area contributed by atoms with Gasteiger partial charge < -0.3 is 0 Å². The summed E-state index contributed by atoms with van der Waals surface area (Å²) in [4.78, 5) is 0. The second-order valence-corrected chi connectivity index (χ2v) is 8.29. The highest BCUT2D eigenvalue weighted by molar-refractivity contribution is 5.36. The topological polar surface area (TPSA) is 0 Å². The van der Waals surface area contributed by atoms with E-state index in [4.69, 9.17) is 0 Å². The number of aryl methyl sites for hydroxylation is 1. The summed E-state index contributed by atoms with van der Waals surface area (Å²) in [7, 11) is 0. The highest BCUT2D eigenvalue weighted by Crippen LogP contribution is 2.22. The van der Waals surface area contributed by atoms with E-state index in [9.17, 15) is 0 Å². The number of allylic oxidation sites excluding steroid dienone is 1. The standard InChI is InChI=1S/C27H46/c1-4-7-9-11-13-15-17-21-26-23-19-22-25(20-6-3)27(26)24-18-16-14-12-10-8-5-2/h6,19,22-23H,3-5,7-18,20-21,24H2,1-2H3. The van der Waals surface area contributed by atoms with Crippen LogP contribution < -0.4 is 0 Å². The molecular formula is C27H46. The molecule has 0 nitrogen and oxygen atoms in total. The van der Waals surface area contributed by atoms with Crippen molar-refractivity contribution in [3.05, 3.63) is 47.5 Å². The molecule has 0 aliphatic heterocycles. The van der Waals surface area contributed by atoms with E-state index in [1.807, 2.05) is 0 Å². The fourth-order valence-electron chi connectivity index (χ4n) is 4.12. The fourth-order valence-corrected chi connectivity index (χ4v) is 4.12. The monoisotopic (exact) mass is 370 g/mol. The summed E-state index contributed by atoms with van der Waals surface area (Å²) in [6.45, 7) is 8.57. The third kappa shape index (κ3) is 11.4. The quantitative estimate of drug-likeness (QED) is 0.178. The molecule has 0 spiro atoms. The van der Waals surface area contributed by atoms with Gasteiger partial charge in [-0.15, -0.1) is 6.58 Å². The summed E-state index contributed by atoms with van der Waals surface area (Å²) < 4.78 is 0. The van der Waals surface area contributed by atoms with Crippen LogP contribution in [0.3, 0.4) is 0 Å². The van der Waals surface area contributed by atoms with Crippen LogP contribution in [0.2, 0.25) is 0 Å². The second-order valence-electron chi connectivity index (χ2n) is 8.29. The van der Waals surface area contributed by atoms with E-state index in [2.05, 4.69) is 44.7 Å². The van der Waals surface area contributed by atoms with Gasteiger partial charge >= 0.3 is 0 Å². The average molecular weight is 371 g/mol. The molecule has 1 aromatic rings. The van der Waals surface area contributed by atoms with Gasteiger partial charge in [0.05, 0.1) is 0 Å². The zero-order valence-electron chi connectivity index (χ0n) is 18.5. The molecular weight excluding hydrogens is 324 g/mol. The molecule has 0 heteroatoms. The smallest absolute Gasteiger partial charge is 0.00973 e. The predicted molar refractivity (Wildman–Crippen MR) is 124 cm³/mol. The molecule has 0 bridgehead atoms. The summed E-state index contributed by atoms with van der Waals surface area (Å²) in [5.74, 6) is 0. The Bertz CT molecular complexity index is 471. The van der Waals surface area contributed by atoms with Gasteiger partial charge in [0.25, 0.3) is 0 Å². The van der Waals surface area contributed by atoms with Gasteiger partial charge in [0.1, 0.15) is 0 Å². The van der Waals surface area contributed by atoms with Crippen LogP contribution in [0.4, 0.5) is 0 Å². The normalized spacial score (nSPS) is 11.0. The first-order valence-corrected chi connectivity index (χ1v) is 12.0. The molecule has 0 saturated heterocycles. The van der Waals surface area contributed by atoms with E-state index >= 15 is 0 Å². The van der Waals surface area contributed by atoms with Crippen LogP contribution in [0.1, 0.15) is 120 Å². The summed E-state index contributed by atoms with van der Waals surface area (Å²) in [6, 6.07) is 6.98. The van der Waals surface area contributed by atoms with E-state index in [0.717, 1.165) is 6.42 Å². The highest BCUT2D eigenvalue weighted by atomic mass is 14.1. The largest absolute Gasteiger partial charge is 0.103 e. The van der Waals surface area contributed by atoms with Crippen molar-refractivity contribution in [2.24, 2.45) is 0 Å². The fraction of sp³-hybridized carbons (Fsp3) is 0.704. The second kappa shape index (κ2) is 17.1. The lowest BCUT2D eigenvalue weighted by Crippen LogP contribution is -2.01. The number of unbranched alkanes of at least 4 members (excludes halogenated alkanes) is 12. The highest BCUT2D eigenvalue weighted by Gasteiger charge is 2.08. The van der Waals surface area contributed by atoms with Crippen molar-refractivity contribution in [2.45, 2.75) is 123 Å². The van der Waals surface area contributed by atoms with E-state index < -0.39 is 0 Å². The number of hydrogen-bond acceptors (Lipinski definition) is 0. The first-order valence-electron chi connectivity index (χ1n) is 12.0. The zero-order valence-corrected chi connectivity index (χ0v) is 18.5. The summed E-state index contributed by atoms with van der Waals surface area (Å²) >= 11 is 0. The van der Waals surface area contributed by atoms with Gasteiger partial charge in [0, 0.05) is 0 Å². The Labute approximate surface area is 170 Å². The summed E-state index contributed by atoms with van der Waals surface area (Å²) in [5.41, 5.74) is 4.79. The maximum atomic E-state index is 3.98. The number of rotatable bonds is 18. The van der Waals surface area contributed by atoms with E-state index in [1.165, 1.54) is 108 Å². The number of benzene rings is 1.